The first-order valence-corrected chi connectivity index (χ1v) is 9.58. The lowest BCUT2D eigenvalue weighted by Gasteiger charge is -2.13. The zero-order valence-electron chi connectivity index (χ0n) is 15.1. The molecule has 0 radical (unpaired) electrons. The van der Waals surface area contributed by atoms with Gasteiger partial charge in [-0.05, 0) is 61.0 Å². The third-order valence-electron chi connectivity index (χ3n) is 4.56. The summed E-state index contributed by atoms with van der Waals surface area (Å²) in [6.07, 6.45) is 3.51. The number of phenolic OH excluding ortho intramolecular Hbond substituents is 1. The van der Waals surface area contributed by atoms with Gasteiger partial charge < -0.3 is 5.11 Å². The van der Waals surface area contributed by atoms with Crippen LogP contribution in [-0.4, -0.2) is 14.7 Å². The van der Waals surface area contributed by atoms with Crippen molar-refractivity contribution in [3.8, 4) is 11.4 Å². The van der Waals surface area contributed by atoms with Crippen LogP contribution in [0, 0.1) is 6.92 Å². The van der Waals surface area contributed by atoms with E-state index in [1.807, 2.05) is 55.5 Å². The van der Waals surface area contributed by atoms with Crippen LogP contribution in [0.4, 0.5) is 0 Å². The molecule has 4 nitrogen and oxygen atoms in total. The van der Waals surface area contributed by atoms with Crippen LogP contribution < -0.4 is 5.56 Å². The van der Waals surface area contributed by atoms with Gasteiger partial charge in [-0.25, -0.2) is 4.98 Å². The Bertz CT molecular complexity index is 1280. The second kappa shape index (κ2) is 7.44. The van der Waals surface area contributed by atoms with Crippen molar-refractivity contribution in [2.45, 2.75) is 6.92 Å². The highest BCUT2D eigenvalue weighted by Crippen LogP contribution is 2.24. The van der Waals surface area contributed by atoms with Crippen LogP contribution in [0.3, 0.4) is 0 Å². The van der Waals surface area contributed by atoms with E-state index in [0.29, 0.717) is 22.3 Å². The number of hydrogen-bond donors (Lipinski definition) is 1. The van der Waals surface area contributed by atoms with Crippen molar-refractivity contribution in [3.63, 3.8) is 0 Å². The minimum absolute atomic E-state index is 0.127. The number of rotatable bonds is 3. The number of para-hydroxylation sites is 2. The van der Waals surface area contributed by atoms with E-state index in [1.54, 1.807) is 34.9 Å². The zero-order chi connectivity index (χ0) is 19.7. The van der Waals surface area contributed by atoms with Gasteiger partial charge in [0.05, 0.1) is 16.6 Å². The molecule has 138 valence electrons. The highest BCUT2D eigenvalue weighted by atomic mass is 79.9. The van der Waals surface area contributed by atoms with Gasteiger partial charge in [-0.2, -0.15) is 0 Å². The molecule has 28 heavy (non-hydrogen) atoms. The summed E-state index contributed by atoms with van der Waals surface area (Å²) in [4.78, 5) is 18.0. The first kappa shape index (κ1) is 18.2. The Labute approximate surface area is 170 Å². The maximum atomic E-state index is 13.3. The number of phenols is 1. The lowest BCUT2D eigenvalue weighted by Crippen LogP contribution is -2.23. The molecule has 4 rings (SSSR count). The first-order chi connectivity index (χ1) is 13.5. The topological polar surface area (TPSA) is 55.1 Å². The highest BCUT2D eigenvalue weighted by molar-refractivity contribution is 9.10. The molecular weight excluding hydrogens is 416 g/mol. The van der Waals surface area contributed by atoms with E-state index in [4.69, 9.17) is 4.98 Å². The van der Waals surface area contributed by atoms with E-state index < -0.39 is 0 Å². The van der Waals surface area contributed by atoms with Crippen LogP contribution >= 0.6 is 15.9 Å². The monoisotopic (exact) mass is 432 g/mol. The first-order valence-electron chi connectivity index (χ1n) is 8.79. The van der Waals surface area contributed by atoms with Gasteiger partial charge in [-0.15, -0.1) is 0 Å². The molecule has 1 N–H and O–H groups in total. The number of fused-ring (bicyclic) bond motifs is 1. The molecule has 5 heteroatoms. The summed E-state index contributed by atoms with van der Waals surface area (Å²) in [5.41, 5.74) is 2.90. The van der Waals surface area contributed by atoms with E-state index >= 15 is 0 Å². The van der Waals surface area contributed by atoms with Gasteiger partial charge in [0.25, 0.3) is 5.56 Å². The minimum atomic E-state index is -0.127. The number of hydrogen-bond acceptors (Lipinski definition) is 3. The quantitative estimate of drug-likeness (QED) is 0.475. The van der Waals surface area contributed by atoms with Crippen LogP contribution in [0.5, 0.6) is 5.75 Å². The summed E-state index contributed by atoms with van der Waals surface area (Å²) >= 11 is 3.41. The standard InChI is InChI=1S/C23H17BrN2O2/c1-15-6-2-5-9-20(15)26-22(13-10-16-14-17(24)11-12-21(16)27)25-19-8-4-3-7-18(19)23(26)28/h2-14,27H,1H3. The molecule has 0 saturated carbocycles. The molecule has 1 aromatic heterocycles. The van der Waals surface area contributed by atoms with Gasteiger partial charge >= 0.3 is 0 Å². The average Bonchev–Trinajstić information content (AvgIpc) is 2.70. The molecule has 0 saturated heterocycles. The van der Waals surface area contributed by atoms with E-state index in [1.165, 1.54) is 0 Å². The van der Waals surface area contributed by atoms with Gasteiger partial charge in [0, 0.05) is 10.0 Å². The normalized spacial score (nSPS) is 11.4. The average molecular weight is 433 g/mol. The van der Waals surface area contributed by atoms with Crippen molar-refractivity contribution in [2.75, 3.05) is 0 Å². The molecule has 0 unspecified atom stereocenters. The van der Waals surface area contributed by atoms with Crippen molar-refractivity contribution in [3.05, 3.63) is 98.5 Å². The van der Waals surface area contributed by atoms with Gasteiger partial charge in [-0.1, -0.05) is 46.3 Å². The zero-order valence-corrected chi connectivity index (χ0v) is 16.7. The Kier molecular flexibility index (Phi) is 4.84. The van der Waals surface area contributed by atoms with Gasteiger partial charge in [0.15, 0.2) is 0 Å². The summed E-state index contributed by atoms with van der Waals surface area (Å²) < 4.78 is 2.47. The maximum Gasteiger partial charge on any atom is 0.266 e. The number of aromatic nitrogens is 2. The van der Waals surface area contributed by atoms with Crippen molar-refractivity contribution >= 4 is 39.0 Å². The lowest BCUT2D eigenvalue weighted by atomic mass is 10.1. The summed E-state index contributed by atoms with van der Waals surface area (Å²) in [6.45, 7) is 1.96. The third kappa shape index (κ3) is 3.37. The fourth-order valence-corrected chi connectivity index (χ4v) is 3.51. The third-order valence-corrected chi connectivity index (χ3v) is 5.05. The molecule has 0 atom stereocenters. The number of aromatic hydroxyl groups is 1. The Morgan fingerprint density at radius 2 is 1.75 bits per heavy atom. The van der Waals surface area contributed by atoms with Gasteiger partial charge in [0.1, 0.15) is 11.6 Å². The Morgan fingerprint density at radius 1 is 1.00 bits per heavy atom. The van der Waals surface area contributed by atoms with E-state index in [2.05, 4.69) is 15.9 Å². The second-order valence-electron chi connectivity index (χ2n) is 6.45. The van der Waals surface area contributed by atoms with Crippen LogP contribution in [-0.2, 0) is 0 Å². The van der Waals surface area contributed by atoms with Gasteiger partial charge in [0.2, 0.25) is 0 Å². The number of nitrogens with zero attached hydrogens (tertiary/aromatic N) is 2. The fourth-order valence-electron chi connectivity index (χ4n) is 3.13. The molecular formula is C23H17BrN2O2. The molecule has 1 heterocycles. The second-order valence-corrected chi connectivity index (χ2v) is 7.37. The summed E-state index contributed by atoms with van der Waals surface area (Å²) in [6, 6.07) is 20.2. The molecule has 0 aliphatic rings. The number of aryl methyl sites for hydroxylation is 1. The Morgan fingerprint density at radius 3 is 2.57 bits per heavy atom. The SMILES string of the molecule is Cc1ccccc1-n1c(C=Cc2cc(Br)ccc2O)nc2ccccc2c1=O. The van der Waals surface area contributed by atoms with E-state index in [0.717, 1.165) is 15.7 Å². The number of benzene rings is 3. The molecule has 0 aliphatic carbocycles. The van der Waals surface area contributed by atoms with Crippen molar-refractivity contribution in [1.29, 1.82) is 0 Å². The smallest absolute Gasteiger partial charge is 0.266 e. The Hall–Kier alpha value is -3.18. The molecule has 0 bridgehead atoms. The Balaban J connectivity index is 1.98. The predicted octanol–water partition coefficient (Wildman–Crippen LogP) is 5.33. The highest BCUT2D eigenvalue weighted by Gasteiger charge is 2.12. The molecule has 4 aromatic rings. The lowest BCUT2D eigenvalue weighted by molar-refractivity contribution is 0.474. The molecule has 0 aliphatic heterocycles. The predicted molar refractivity (Wildman–Crippen MR) is 117 cm³/mol. The minimum Gasteiger partial charge on any atom is -0.507 e. The van der Waals surface area contributed by atoms with Crippen molar-refractivity contribution in [2.24, 2.45) is 0 Å². The summed E-state index contributed by atoms with van der Waals surface area (Å²) in [5, 5.41) is 10.7. The van der Waals surface area contributed by atoms with Crippen LogP contribution in [0.15, 0.2) is 76.0 Å². The largest absolute Gasteiger partial charge is 0.507 e. The fraction of sp³-hybridized carbons (Fsp3) is 0.0435. The van der Waals surface area contributed by atoms with Crippen LogP contribution in [0.25, 0.3) is 28.7 Å². The van der Waals surface area contributed by atoms with Crippen LogP contribution in [0.2, 0.25) is 0 Å². The van der Waals surface area contributed by atoms with Crippen molar-refractivity contribution in [1.82, 2.24) is 9.55 Å². The molecule has 0 fully saturated rings. The molecule has 0 amide bonds. The molecule has 0 spiro atoms. The molecule has 3 aromatic carbocycles. The van der Waals surface area contributed by atoms with Crippen molar-refractivity contribution < 1.29 is 5.11 Å². The van der Waals surface area contributed by atoms with E-state index in [-0.39, 0.29) is 11.3 Å². The van der Waals surface area contributed by atoms with E-state index in [9.17, 15) is 9.90 Å². The summed E-state index contributed by atoms with van der Waals surface area (Å²) in [7, 11) is 0. The number of halogens is 1. The maximum absolute atomic E-state index is 13.3. The summed E-state index contributed by atoms with van der Waals surface area (Å²) in [5.74, 6) is 0.655. The van der Waals surface area contributed by atoms with Gasteiger partial charge in [-0.3, -0.25) is 9.36 Å². The van der Waals surface area contributed by atoms with Crippen LogP contribution in [0.1, 0.15) is 17.0 Å².